The maximum atomic E-state index is 13.4. The van der Waals surface area contributed by atoms with Crippen molar-refractivity contribution in [3.8, 4) is 0 Å². The number of nitrogens with zero attached hydrogens (tertiary/aromatic N) is 2. The Balaban J connectivity index is 2.06. The second-order valence-corrected chi connectivity index (χ2v) is 4.43. The highest BCUT2D eigenvalue weighted by molar-refractivity contribution is 6.33. The van der Waals surface area contributed by atoms with E-state index >= 15 is 0 Å². The van der Waals surface area contributed by atoms with Crippen LogP contribution in [0.5, 0.6) is 0 Å². The fourth-order valence-electron chi connectivity index (χ4n) is 1.46. The van der Waals surface area contributed by atoms with Crippen LogP contribution in [0.1, 0.15) is 21.6 Å². The van der Waals surface area contributed by atoms with Crippen LogP contribution < -0.4 is 5.43 Å². The van der Waals surface area contributed by atoms with Gasteiger partial charge in [0.1, 0.15) is 5.82 Å². The Kier molecular flexibility index (Phi) is 4.42. The lowest BCUT2D eigenvalue weighted by Gasteiger charge is -2.01. The molecule has 6 heteroatoms. The molecule has 2 rings (SSSR count). The largest absolute Gasteiger partial charge is 0.272 e. The van der Waals surface area contributed by atoms with Crippen LogP contribution in [0.2, 0.25) is 5.02 Å². The van der Waals surface area contributed by atoms with Crippen molar-refractivity contribution in [1.82, 2.24) is 10.4 Å². The predicted molar refractivity (Wildman–Crippen MR) is 75.4 cm³/mol. The summed E-state index contributed by atoms with van der Waals surface area (Å²) in [5.41, 5.74) is 3.58. The molecule has 0 spiro atoms. The second kappa shape index (κ2) is 6.25. The molecule has 102 valence electrons. The van der Waals surface area contributed by atoms with E-state index in [-0.39, 0.29) is 10.6 Å². The van der Waals surface area contributed by atoms with Gasteiger partial charge in [0.25, 0.3) is 5.91 Å². The number of aromatic nitrogens is 1. The maximum absolute atomic E-state index is 13.4. The number of nitrogens with one attached hydrogen (secondary N) is 1. The van der Waals surface area contributed by atoms with Gasteiger partial charge in [0.05, 0.1) is 16.8 Å². The van der Waals surface area contributed by atoms with Gasteiger partial charge >= 0.3 is 0 Å². The molecule has 2 aromatic rings. The average Bonchev–Trinajstić information content (AvgIpc) is 2.42. The Hall–Kier alpha value is -2.27. The predicted octanol–water partition coefficient (Wildman–Crippen LogP) is 2.95. The highest BCUT2D eigenvalue weighted by atomic mass is 35.5. The lowest BCUT2D eigenvalue weighted by Crippen LogP contribution is -2.18. The van der Waals surface area contributed by atoms with Gasteiger partial charge in [-0.2, -0.15) is 5.10 Å². The van der Waals surface area contributed by atoms with Crippen molar-refractivity contribution in [2.75, 3.05) is 0 Å². The minimum absolute atomic E-state index is 0.122. The van der Waals surface area contributed by atoms with Crippen molar-refractivity contribution >= 4 is 23.7 Å². The molecule has 0 aliphatic rings. The molecule has 0 unspecified atom stereocenters. The van der Waals surface area contributed by atoms with Crippen LogP contribution in [0.25, 0.3) is 0 Å². The number of carbonyl (C=O) groups excluding carboxylic acids is 1. The number of hydrogen-bond donors (Lipinski definition) is 1. The first kappa shape index (κ1) is 14.1. The smallest absolute Gasteiger partial charge is 0.267 e. The molecule has 4 nitrogen and oxygen atoms in total. The Morgan fingerprint density at radius 3 is 2.85 bits per heavy atom. The Bertz CT molecular complexity index is 636. The van der Waals surface area contributed by atoms with Gasteiger partial charge in [0, 0.05) is 17.5 Å². The van der Waals surface area contributed by atoms with Crippen molar-refractivity contribution in [2.45, 2.75) is 6.92 Å². The number of hydrogen-bond acceptors (Lipinski definition) is 3. The van der Waals surface area contributed by atoms with Gasteiger partial charge < -0.3 is 0 Å². The molecule has 0 bridgehead atoms. The standard InChI is InChI=1S/C14H11ClFN3O/c1-9-5-6-10(7-17-9)14(20)19-18-8-11-12(15)3-2-4-13(11)16/h2-8H,1H3,(H,19,20)/b18-8+. The molecule has 20 heavy (non-hydrogen) atoms. The van der Waals surface area contributed by atoms with E-state index in [1.165, 1.54) is 24.4 Å². The van der Waals surface area contributed by atoms with Crippen LogP contribution >= 0.6 is 11.6 Å². The van der Waals surface area contributed by atoms with Crippen molar-refractivity contribution in [1.29, 1.82) is 0 Å². The van der Waals surface area contributed by atoms with Gasteiger partial charge in [-0.1, -0.05) is 17.7 Å². The lowest BCUT2D eigenvalue weighted by molar-refractivity contribution is 0.0954. The summed E-state index contributed by atoms with van der Waals surface area (Å²) >= 11 is 5.83. The van der Waals surface area contributed by atoms with Gasteiger partial charge in [0.2, 0.25) is 0 Å². The fraction of sp³-hybridized carbons (Fsp3) is 0.0714. The SMILES string of the molecule is Cc1ccc(C(=O)N/N=C/c2c(F)cccc2Cl)cn1. The Labute approximate surface area is 120 Å². The molecule has 0 saturated carbocycles. The van der Waals surface area contributed by atoms with E-state index in [9.17, 15) is 9.18 Å². The molecular formula is C14H11ClFN3O. The van der Waals surface area contributed by atoms with E-state index in [2.05, 4.69) is 15.5 Å². The molecule has 0 atom stereocenters. The molecular weight excluding hydrogens is 281 g/mol. The molecule has 1 aromatic heterocycles. The Morgan fingerprint density at radius 2 is 2.20 bits per heavy atom. The van der Waals surface area contributed by atoms with Crippen molar-refractivity contribution in [3.63, 3.8) is 0 Å². The number of amides is 1. The zero-order chi connectivity index (χ0) is 14.5. The third kappa shape index (κ3) is 3.39. The highest BCUT2D eigenvalue weighted by Crippen LogP contribution is 2.16. The van der Waals surface area contributed by atoms with Crippen LogP contribution in [-0.2, 0) is 0 Å². The number of hydrazone groups is 1. The molecule has 0 saturated heterocycles. The highest BCUT2D eigenvalue weighted by Gasteiger charge is 2.06. The lowest BCUT2D eigenvalue weighted by atomic mass is 10.2. The molecule has 1 N–H and O–H groups in total. The number of benzene rings is 1. The number of rotatable bonds is 3. The van der Waals surface area contributed by atoms with Gasteiger partial charge in [-0.15, -0.1) is 0 Å². The molecule has 1 amide bonds. The minimum atomic E-state index is -0.507. The van der Waals surface area contributed by atoms with E-state index < -0.39 is 11.7 Å². The first-order chi connectivity index (χ1) is 9.58. The quantitative estimate of drug-likeness (QED) is 0.698. The summed E-state index contributed by atoms with van der Waals surface area (Å²) in [4.78, 5) is 15.7. The summed E-state index contributed by atoms with van der Waals surface area (Å²) in [5, 5.41) is 3.91. The molecule has 1 heterocycles. The zero-order valence-corrected chi connectivity index (χ0v) is 11.4. The van der Waals surface area contributed by atoms with Gasteiger partial charge in [-0.3, -0.25) is 9.78 Å². The average molecular weight is 292 g/mol. The monoisotopic (exact) mass is 291 g/mol. The molecule has 1 aromatic carbocycles. The van der Waals surface area contributed by atoms with Gasteiger partial charge in [0.15, 0.2) is 0 Å². The van der Waals surface area contributed by atoms with E-state index in [1.807, 2.05) is 6.92 Å². The first-order valence-electron chi connectivity index (χ1n) is 5.78. The van der Waals surface area contributed by atoms with Gasteiger partial charge in [-0.25, -0.2) is 9.82 Å². The zero-order valence-electron chi connectivity index (χ0n) is 10.6. The van der Waals surface area contributed by atoms with Crippen LogP contribution in [-0.4, -0.2) is 17.1 Å². The summed E-state index contributed by atoms with van der Waals surface area (Å²) in [7, 11) is 0. The number of aryl methyl sites for hydroxylation is 1. The number of carbonyl (C=O) groups is 1. The molecule has 0 aliphatic carbocycles. The van der Waals surface area contributed by atoms with E-state index in [0.717, 1.165) is 11.9 Å². The van der Waals surface area contributed by atoms with Crippen LogP contribution in [0.3, 0.4) is 0 Å². The van der Waals surface area contributed by atoms with Crippen molar-refractivity contribution in [3.05, 3.63) is 64.2 Å². The molecule has 0 radical (unpaired) electrons. The van der Waals surface area contributed by atoms with E-state index in [0.29, 0.717) is 5.56 Å². The summed E-state index contributed by atoms with van der Waals surface area (Å²) in [6.45, 7) is 1.82. The normalized spacial score (nSPS) is 10.8. The third-order valence-electron chi connectivity index (χ3n) is 2.53. The first-order valence-corrected chi connectivity index (χ1v) is 6.16. The molecule has 0 aliphatic heterocycles. The van der Waals surface area contributed by atoms with Crippen LogP contribution in [0, 0.1) is 12.7 Å². The topological polar surface area (TPSA) is 54.4 Å². The van der Waals surface area contributed by atoms with E-state index in [1.54, 1.807) is 12.1 Å². The third-order valence-corrected chi connectivity index (χ3v) is 2.86. The second-order valence-electron chi connectivity index (χ2n) is 4.02. The van der Waals surface area contributed by atoms with Gasteiger partial charge in [-0.05, 0) is 31.2 Å². The number of pyridine rings is 1. The summed E-state index contributed by atoms with van der Waals surface area (Å²) in [5.74, 6) is -0.936. The summed E-state index contributed by atoms with van der Waals surface area (Å²) in [6, 6.07) is 7.64. The maximum Gasteiger partial charge on any atom is 0.272 e. The summed E-state index contributed by atoms with van der Waals surface area (Å²) in [6.07, 6.45) is 2.60. The Morgan fingerprint density at radius 1 is 1.40 bits per heavy atom. The fourth-order valence-corrected chi connectivity index (χ4v) is 1.67. The minimum Gasteiger partial charge on any atom is -0.267 e. The summed E-state index contributed by atoms with van der Waals surface area (Å²) < 4.78 is 13.4. The number of halogens is 2. The molecule has 0 fully saturated rings. The van der Waals surface area contributed by atoms with E-state index in [4.69, 9.17) is 11.6 Å². The van der Waals surface area contributed by atoms with Crippen LogP contribution in [0.15, 0.2) is 41.6 Å². The van der Waals surface area contributed by atoms with Crippen molar-refractivity contribution < 1.29 is 9.18 Å². The van der Waals surface area contributed by atoms with Crippen LogP contribution in [0.4, 0.5) is 4.39 Å². The van der Waals surface area contributed by atoms with Crippen molar-refractivity contribution in [2.24, 2.45) is 5.10 Å².